The van der Waals surface area contributed by atoms with Gasteiger partial charge in [-0.25, -0.2) is 0 Å². The van der Waals surface area contributed by atoms with Crippen molar-refractivity contribution in [3.63, 3.8) is 0 Å². The molecule has 6 rings (SSSR count). The van der Waals surface area contributed by atoms with E-state index in [1.54, 1.807) is 0 Å². The molecule has 1 aromatic heterocycles. The fourth-order valence-electron chi connectivity index (χ4n) is 5.60. The van der Waals surface area contributed by atoms with Crippen LogP contribution in [-0.2, 0) is 23.2 Å². The molecule has 0 unspecified atom stereocenters. The molecular weight excluding hydrogens is 478 g/mol. The molecular formula is C35H35N3O. The summed E-state index contributed by atoms with van der Waals surface area (Å²) in [5.74, 6) is 0.0248. The van der Waals surface area contributed by atoms with E-state index in [9.17, 15) is 4.79 Å². The van der Waals surface area contributed by atoms with Gasteiger partial charge in [0.15, 0.2) is 0 Å². The van der Waals surface area contributed by atoms with Crippen molar-refractivity contribution in [3.05, 3.63) is 131 Å². The van der Waals surface area contributed by atoms with E-state index >= 15 is 0 Å². The van der Waals surface area contributed by atoms with Gasteiger partial charge in [0.25, 0.3) is 0 Å². The molecule has 196 valence electrons. The molecule has 0 radical (unpaired) electrons. The van der Waals surface area contributed by atoms with Crippen molar-refractivity contribution >= 4 is 16.8 Å². The first-order chi connectivity index (χ1) is 18.9. The van der Waals surface area contributed by atoms with Crippen molar-refractivity contribution in [2.75, 3.05) is 0 Å². The molecule has 2 heterocycles. The van der Waals surface area contributed by atoms with E-state index < -0.39 is 0 Å². The van der Waals surface area contributed by atoms with E-state index in [1.807, 2.05) is 6.07 Å². The summed E-state index contributed by atoms with van der Waals surface area (Å²) in [5, 5.41) is 8.05. The van der Waals surface area contributed by atoms with Gasteiger partial charge < -0.3 is 10.3 Å². The number of para-hydroxylation sites is 1. The maximum atomic E-state index is 13.5. The molecule has 0 saturated carbocycles. The molecule has 0 spiro atoms. The maximum absolute atomic E-state index is 13.5. The van der Waals surface area contributed by atoms with Crippen molar-refractivity contribution in [1.82, 2.24) is 15.6 Å². The van der Waals surface area contributed by atoms with Crippen molar-refractivity contribution in [2.45, 2.75) is 51.2 Å². The third-order valence-electron chi connectivity index (χ3n) is 7.87. The fourth-order valence-corrected chi connectivity index (χ4v) is 5.60. The highest BCUT2D eigenvalue weighted by Gasteiger charge is 2.33. The van der Waals surface area contributed by atoms with Crippen molar-refractivity contribution < 1.29 is 4.79 Å². The van der Waals surface area contributed by atoms with Crippen molar-refractivity contribution in [1.29, 1.82) is 0 Å². The van der Waals surface area contributed by atoms with E-state index in [0.29, 0.717) is 13.0 Å². The molecule has 39 heavy (non-hydrogen) atoms. The van der Waals surface area contributed by atoms with Gasteiger partial charge >= 0.3 is 0 Å². The first kappa shape index (κ1) is 25.1. The maximum Gasteiger partial charge on any atom is 0.237 e. The fraction of sp³-hybridized carbons (Fsp3) is 0.229. The summed E-state index contributed by atoms with van der Waals surface area (Å²) < 4.78 is 0. The first-order valence-corrected chi connectivity index (χ1v) is 13.7. The molecule has 1 aliphatic rings. The number of H-pyrrole nitrogens is 1. The Balaban J connectivity index is 1.26. The highest BCUT2D eigenvalue weighted by Crippen LogP contribution is 2.36. The van der Waals surface area contributed by atoms with E-state index in [-0.39, 0.29) is 23.4 Å². The summed E-state index contributed by atoms with van der Waals surface area (Å²) >= 11 is 0. The van der Waals surface area contributed by atoms with Gasteiger partial charge in [0, 0.05) is 23.1 Å². The standard InChI is InChI=1S/C35H35N3O/c1-35(2,3)27-19-13-23(14-20-27)22-36-34(39)31-21-29-28-11-7-8-12-30(28)37-33(29)32(38-31)26-17-15-25(16-18-26)24-9-5-4-6-10-24/h4-20,31-32,37-38H,21-22H2,1-3H3,(H,36,39)/t31-,32+/m1/s1. The van der Waals surface area contributed by atoms with Gasteiger partial charge in [-0.05, 0) is 51.3 Å². The van der Waals surface area contributed by atoms with Crippen LogP contribution in [-0.4, -0.2) is 16.9 Å². The van der Waals surface area contributed by atoms with Crippen LogP contribution in [0.2, 0.25) is 0 Å². The number of carbonyl (C=O) groups is 1. The van der Waals surface area contributed by atoms with Gasteiger partial charge in [0.1, 0.15) is 0 Å². The molecule has 1 aliphatic heterocycles. The minimum absolute atomic E-state index is 0.0248. The summed E-state index contributed by atoms with van der Waals surface area (Å²) in [6.07, 6.45) is 0.646. The van der Waals surface area contributed by atoms with Crippen LogP contribution in [0.3, 0.4) is 0 Å². The van der Waals surface area contributed by atoms with E-state index in [4.69, 9.17) is 0 Å². The lowest BCUT2D eigenvalue weighted by Gasteiger charge is -2.31. The lowest BCUT2D eigenvalue weighted by atomic mass is 9.87. The van der Waals surface area contributed by atoms with Crippen LogP contribution in [0.25, 0.3) is 22.0 Å². The minimum Gasteiger partial charge on any atom is -0.357 e. The molecule has 1 amide bonds. The Bertz CT molecular complexity index is 1590. The number of rotatable bonds is 5. The summed E-state index contributed by atoms with van der Waals surface area (Å²) in [6, 6.07) is 35.6. The largest absolute Gasteiger partial charge is 0.357 e. The second-order valence-electron chi connectivity index (χ2n) is 11.6. The Morgan fingerprint density at radius 2 is 1.49 bits per heavy atom. The van der Waals surface area contributed by atoms with Crippen molar-refractivity contribution in [2.24, 2.45) is 0 Å². The zero-order valence-corrected chi connectivity index (χ0v) is 22.8. The van der Waals surface area contributed by atoms with Gasteiger partial charge in [-0.15, -0.1) is 0 Å². The van der Waals surface area contributed by atoms with Crippen LogP contribution >= 0.6 is 0 Å². The second kappa shape index (κ2) is 10.2. The predicted molar refractivity (Wildman–Crippen MR) is 160 cm³/mol. The smallest absolute Gasteiger partial charge is 0.237 e. The molecule has 4 heteroatoms. The number of aromatic amines is 1. The Morgan fingerprint density at radius 1 is 0.821 bits per heavy atom. The molecule has 2 atom stereocenters. The summed E-state index contributed by atoms with van der Waals surface area (Å²) in [6.45, 7) is 7.15. The Labute approximate surface area is 230 Å². The molecule has 0 saturated heterocycles. The average molecular weight is 514 g/mol. The number of nitrogens with one attached hydrogen (secondary N) is 3. The number of hydrogen-bond acceptors (Lipinski definition) is 2. The van der Waals surface area contributed by atoms with Gasteiger partial charge in [-0.3, -0.25) is 10.1 Å². The topological polar surface area (TPSA) is 56.9 Å². The normalized spacial score (nSPS) is 17.1. The van der Waals surface area contributed by atoms with Crippen LogP contribution in [0.4, 0.5) is 0 Å². The second-order valence-corrected chi connectivity index (χ2v) is 11.6. The SMILES string of the molecule is CC(C)(C)c1ccc(CNC(=O)[C@H]2Cc3c([nH]c4ccccc34)[C@H](c3ccc(-c4ccccc4)cc3)N2)cc1. The van der Waals surface area contributed by atoms with E-state index in [1.165, 1.54) is 27.6 Å². The summed E-state index contributed by atoms with van der Waals surface area (Å²) in [4.78, 5) is 17.1. The van der Waals surface area contributed by atoms with Crippen LogP contribution in [0.15, 0.2) is 103 Å². The molecule has 3 N–H and O–H groups in total. The number of benzene rings is 4. The Kier molecular flexibility index (Phi) is 6.58. The molecule has 4 aromatic carbocycles. The van der Waals surface area contributed by atoms with Crippen LogP contribution < -0.4 is 10.6 Å². The lowest BCUT2D eigenvalue weighted by Crippen LogP contribution is -2.49. The monoisotopic (exact) mass is 513 g/mol. The van der Waals surface area contributed by atoms with Gasteiger partial charge in [0.2, 0.25) is 5.91 Å². The van der Waals surface area contributed by atoms with Gasteiger partial charge in [0.05, 0.1) is 12.1 Å². The summed E-state index contributed by atoms with van der Waals surface area (Å²) in [7, 11) is 0. The summed E-state index contributed by atoms with van der Waals surface area (Å²) in [5.41, 5.74) is 9.49. The number of fused-ring (bicyclic) bond motifs is 3. The molecule has 4 nitrogen and oxygen atoms in total. The predicted octanol–water partition coefficient (Wildman–Crippen LogP) is 7.05. The van der Waals surface area contributed by atoms with Gasteiger partial charge in [-0.1, -0.05) is 118 Å². The zero-order valence-electron chi connectivity index (χ0n) is 22.8. The molecule has 5 aromatic rings. The molecule has 0 bridgehead atoms. The Hall–Kier alpha value is -4.15. The van der Waals surface area contributed by atoms with Crippen LogP contribution in [0.1, 0.15) is 54.8 Å². The number of amides is 1. The molecule has 0 aliphatic carbocycles. The lowest BCUT2D eigenvalue weighted by molar-refractivity contribution is -0.123. The van der Waals surface area contributed by atoms with Gasteiger partial charge in [-0.2, -0.15) is 0 Å². The minimum atomic E-state index is -0.329. The third kappa shape index (κ3) is 5.13. The van der Waals surface area contributed by atoms with E-state index in [0.717, 1.165) is 22.3 Å². The third-order valence-corrected chi connectivity index (χ3v) is 7.87. The average Bonchev–Trinajstić information content (AvgIpc) is 3.34. The zero-order chi connectivity index (χ0) is 27.0. The molecule has 0 fully saturated rings. The van der Waals surface area contributed by atoms with Crippen LogP contribution in [0.5, 0.6) is 0 Å². The van der Waals surface area contributed by atoms with Crippen LogP contribution in [0, 0.1) is 0 Å². The number of aromatic nitrogens is 1. The highest BCUT2D eigenvalue weighted by molar-refractivity contribution is 5.88. The first-order valence-electron chi connectivity index (χ1n) is 13.7. The Morgan fingerprint density at radius 3 is 2.21 bits per heavy atom. The number of hydrogen-bond donors (Lipinski definition) is 3. The van der Waals surface area contributed by atoms with Crippen molar-refractivity contribution in [3.8, 4) is 11.1 Å². The quantitative estimate of drug-likeness (QED) is 0.236. The van der Waals surface area contributed by atoms with E-state index in [2.05, 4.69) is 133 Å². The highest BCUT2D eigenvalue weighted by atomic mass is 16.2. The number of carbonyl (C=O) groups excluding carboxylic acids is 1.